The van der Waals surface area contributed by atoms with Gasteiger partial charge in [-0.3, -0.25) is 14.7 Å². The number of hydrogen-bond donors (Lipinski definition) is 1. The van der Waals surface area contributed by atoms with E-state index in [9.17, 15) is 4.79 Å². The number of nitrogens with zero attached hydrogens (tertiary/aromatic N) is 2. The van der Waals surface area contributed by atoms with Gasteiger partial charge in [0.25, 0.3) is 5.91 Å². The van der Waals surface area contributed by atoms with Crippen molar-refractivity contribution < 1.29 is 4.79 Å². The van der Waals surface area contributed by atoms with Crippen LogP contribution in [0.4, 0.5) is 0 Å². The summed E-state index contributed by atoms with van der Waals surface area (Å²) < 4.78 is 0. The number of likely N-dealkylation sites (tertiary alicyclic amines) is 1. The zero-order valence-corrected chi connectivity index (χ0v) is 14.3. The van der Waals surface area contributed by atoms with Gasteiger partial charge in [-0.2, -0.15) is 0 Å². The SMILES string of the molecule is CN1C(C)(C)CC(NC(=O)c2ccccn2)CC1(C)C.Cl. The number of nitrogens with one attached hydrogen (secondary N) is 1. The van der Waals surface area contributed by atoms with Crippen LogP contribution in [0.5, 0.6) is 0 Å². The average Bonchev–Trinajstić information content (AvgIpc) is 2.36. The number of halogens is 1. The molecule has 118 valence electrons. The van der Waals surface area contributed by atoms with Gasteiger partial charge in [0.2, 0.25) is 0 Å². The molecule has 0 radical (unpaired) electrons. The van der Waals surface area contributed by atoms with Crippen LogP contribution in [0, 0.1) is 0 Å². The highest BCUT2D eigenvalue weighted by atomic mass is 35.5. The first-order chi connectivity index (χ1) is 9.22. The van der Waals surface area contributed by atoms with E-state index in [1.807, 2.05) is 12.1 Å². The Morgan fingerprint density at radius 2 is 1.81 bits per heavy atom. The predicted molar refractivity (Wildman–Crippen MR) is 87.9 cm³/mol. The fraction of sp³-hybridized carbons (Fsp3) is 0.625. The summed E-state index contributed by atoms with van der Waals surface area (Å²) in [6.07, 6.45) is 3.55. The van der Waals surface area contributed by atoms with Gasteiger partial charge in [-0.15, -0.1) is 12.4 Å². The minimum absolute atomic E-state index is 0. The Balaban J connectivity index is 0.00000220. The molecule has 0 unspecified atom stereocenters. The van der Waals surface area contributed by atoms with E-state index in [4.69, 9.17) is 0 Å². The molecule has 2 rings (SSSR count). The molecule has 2 heterocycles. The van der Waals surface area contributed by atoms with Gasteiger partial charge >= 0.3 is 0 Å². The summed E-state index contributed by atoms with van der Waals surface area (Å²) in [7, 11) is 2.16. The quantitative estimate of drug-likeness (QED) is 0.913. The van der Waals surface area contributed by atoms with Gasteiger partial charge < -0.3 is 5.32 Å². The highest BCUT2D eigenvalue weighted by Gasteiger charge is 2.43. The zero-order chi connectivity index (χ0) is 15.0. The van der Waals surface area contributed by atoms with Crippen molar-refractivity contribution >= 4 is 18.3 Å². The van der Waals surface area contributed by atoms with E-state index in [1.165, 1.54) is 0 Å². The molecular formula is C16H26ClN3O. The first kappa shape index (κ1) is 17.9. The number of rotatable bonds is 2. The molecule has 0 saturated carbocycles. The molecule has 0 aromatic carbocycles. The topological polar surface area (TPSA) is 45.2 Å². The van der Waals surface area contributed by atoms with E-state index >= 15 is 0 Å². The number of pyridine rings is 1. The standard InChI is InChI=1S/C16H25N3O.ClH/c1-15(2)10-12(11-16(3,4)19(15)5)18-14(20)13-8-6-7-9-17-13;/h6-9,12H,10-11H2,1-5H3,(H,18,20);1H. The fourth-order valence-corrected chi connectivity index (χ4v) is 3.23. The highest BCUT2D eigenvalue weighted by Crippen LogP contribution is 2.36. The number of carbonyl (C=O) groups excluding carboxylic acids is 1. The van der Waals surface area contributed by atoms with Gasteiger partial charge in [-0.05, 0) is 59.7 Å². The lowest BCUT2D eigenvalue weighted by atomic mass is 9.77. The van der Waals surface area contributed by atoms with Gasteiger partial charge in [0.05, 0.1) is 0 Å². The number of hydrogen-bond acceptors (Lipinski definition) is 3. The smallest absolute Gasteiger partial charge is 0.270 e. The molecular weight excluding hydrogens is 286 g/mol. The van der Waals surface area contributed by atoms with Crippen molar-refractivity contribution in [1.82, 2.24) is 15.2 Å². The van der Waals surface area contributed by atoms with Gasteiger partial charge in [0.1, 0.15) is 5.69 Å². The Morgan fingerprint density at radius 1 is 1.24 bits per heavy atom. The van der Waals surface area contributed by atoms with E-state index in [0.29, 0.717) is 5.69 Å². The third-order valence-corrected chi connectivity index (χ3v) is 4.54. The molecule has 0 aliphatic carbocycles. The third-order valence-electron chi connectivity index (χ3n) is 4.54. The molecule has 1 aliphatic rings. The van der Waals surface area contributed by atoms with Crippen molar-refractivity contribution in [1.29, 1.82) is 0 Å². The van der Waals surface area contributed by atoms with Crippen LogP contribution < -0.4 is 5.32 Å². The maximum Gasteiger partial charge on any atom is 0.270 e. The molecule has 1 aromatic heterocycles. The Bertz CT molecular complexity index is 470. The highest BCUT2D eigenvalue weighted by molar-refractivity contribution is 5.92. The first-order valence-corrected chi connectivity index (χ1v) is 7.18. The van der Waals surface area contributed by atoms with Crippen molar-refractivity contribution in [3.05, 3.63) is 30.1 Å². The fourth-order valence-electron chi connectivity index (χ4n) is 3.23. The van der Waals surface area contributed by atoms with Crippen LogP contribution in [-0.4, -0.2) is 40.0 Å². The van der Waals surface area contributed by atoms with E-state index in [0.717, 1.165) is 12.8 Å². The van der Waals surface area contributed by atoms with Crippen molar-refractivity contribution in [2.45, 2.75) is 57.7 Å². The summed E-state index contributed by atoms with van der Waals surface area (Å²) in [5.41, 5.74) is 0.634. The van der Waals surface area contributed by atoms with Gasteiger partial charge in [-0.25, -0.2) is 0 Å². The zero-order valence-electron chi connectivity index (χ0n) is 13.5. The number of piperidine rings is 1. The molecule has 1 amide bonds. The minimum Gasteiger partial charge on any atom is -0.348 e. The molecule has 0 spiro atoms. The van der Waals surface area contributed by atoms with Crippen LogP contribution in [0.3, 0.4) is 0 Å². The van der Waals surface area contributed by atoms with Crippen LogP contribution in [0.2, 0.25) is 0 Å². The molecule has 1 saturated heterocycles. The Morgan fingerprint density at radius 3 is 2.29 bits per heavy atom. The van der Waals surface area contributed by atoms with Crippen LogP contribution in [-0.2, 0) is 0 Å². The molecule has 1 aromatic rings. The lowest BCUT2D eigenvalue weighted by Gasteiger charge is -2.53. The Hall–Kier alpha value is -1.13. The summed E-state index contributed by atoms with van der Waals surface area (Å²) >= 11 is 0. The number of carbonyl (C=O) groups is 1. The maximum atomic E-state index is 12.2. The van der Waals surface area contributed by atoms with E-state index in [-0.39, 0.29) is 35.4 Å². The summed E-state index contributed by atoms with van der Waals surface area (Å²) in [5.74, 6) is -0.0771. The lowest BCUT2D eigenvalue weighted by Crippen LogP contribution is -2.62. The minimum atomic E-state index is -0.0771. The first-order valence-electron chi connectivity index (χ1n) is 7.18. The largest absolute Gasteiger partial charge is 0.348 e. The van der Waals surface area contributed by atoms with Gasteiger partial charge in [0.15, 0.2) is 0 Å². The summed E-state index contributed by atoms with van der Waals surface area (Å²) in [6, 6.07) is 5.59. The molecule has 0 atom stereocenters. The lowest BCUT2D eigenvalue weighted by molar-refractivity contribution is -0.0169. The molecule has 1 fully saturated rings. The van der Waals surface area contributed by atoms with Crippen molar-refractivity contribution in [2.24, 2.45) is 0 Å². The molecule has 0 bridgehead atoms. The predicted octanol–water partition coefficient (Wildman–Crippen LogP) is 2.88. The van der Waals surface area contributed by atoms with Crippen LogP contribution >= 0.6 is 12.4 Å². The number of aromatic nitrogens is 1. The summed E-state index contributed by atoms with van der Waals surface area (Å²) in [5, 5.41) is 3.14. The molecule has 1 N–H and O–H groups in total. The second-order valence-electron chi connectivity index (χ2n) is 6.98. The van der Waals surface area contributed by atoms with Crippen molar-refractivity contribution in [3.8, 4) is 0 Å². The second-order valence-corrected chi connectivity index (χ2v) is 6.98. The molecule has 1 aliphatic heterocycles. The Kier molecular flexibility index (Phi) is 5.40. The Labute approximate surface area is 133 Å². The number of amides is 1. The van der Waals surface area contributed by atoms with Crippen LogP contribution in [0.25, 0.3) is 0 Å². The van der Waals surface area contributed by atoms with E-state index in [2.05, 4.69) is 49.9 Å². The third kappa shape index (κ3) is 3.95. The van der Waals surface area contributed by atoms with Gasteiger partial charge in [0, 0.05) is 23.3 Å². The molecule has 5 heteroatoms. The van der Waals surface area contributed by atoms with Crippen LogP contribution in [0.1, 0.15) is 51.0 Å². The van der Waals surface area contributed by atoms with Crippen molar-refractivity contribution in [2.75, 3.05) is 7.05 Å². The van der Waals surface area contributed by atoms with Gasteiger partial charge in [-0.1, -0.05) is 6.07 Å². The van der Waals surface area contributed by atoms with Crippen LogP contribution in [0.15, 0.2) is 24.4 Å². The van der Waals surface area contributed by atoms with E-state index in [1.54, 1.807) is 12.3 Å². The summed E-state index contributed by atoms with van der Waals surface area (Å²) in [4.78, 5) is 18.7. The average molecular weight is 312 g/mol. The molecule has 4 nitrogen and oxygen atoms in total. The van der Waals surface area contributed by atoms with E-state index < -0.39 is 0 Å². The summed E-state index contributed by atoms with van der Waals surface area (Å²) in [6.45, 7) is 8.92. The second kappa shape index (κ2) is 6.32. The van der Waals surface area contributed by atoms with Crippen molar-refractivity contribution in [3.63, 3.8) is 0 Å². The normalized spacial score (nSPS) is 21.4. The monoisotopic (exact) mass is 311 g/mol. The molecule has 21 heavy (non-hydrogen) atoms. The maximum absolute atomic E-state index is 12.2.